The van der Waals surface area contributed by atoms with Crippen LogP contribution in [-0.4, -0.2) is 9.97 Å². The number of nitrogens with zero attached hydrogens (tertiary/aromatic N) is 2. The topological polar surface area (TPSA) is 63.8 Å². The summed E-state index contributed by atoms with van der Waals surface area (Å²) in [5, 5.41) is 6.14. The van der Waals surface area contributed by atoms with Gasteiger partial charge in [-0.3, -0.25) is 4.98 Å². The van der Waals surface area contributed by atoms with Gasteiger partial charge in [-0.15, -0.1) is 28.3 Å². The van der Waals surface area contributed by atoms with Crippen LogP contribution >= 0.6 is 28.3 Å². The Morgan fingerprint density at radius 3 is 2.40 bits per heavy atom. The van der Waals surface area contributed by atoms with Gasteiger partial charge in [-0.25, -0.2) is 4.98 Å². The number of pyridine rings is 1. The summed E-state index contributed by atoms with van der Waals surface area (Å²) in [5.74, 6) is 0. The van der Waals surface area contributed by atoms with Gasteiger partial charge >= 0.3 is 0 Å². The lowest BCUT2D eigenvalue weighted by atomic mass is 10.2. The highest BCUT2D eigenvalue weighted by Crippen LogP contribution is 2.26. The van der Waals surface area contributed by atoms with E-state index < -0.39 is 0 Å². The van der Waals surface area contributed by atoms with Crippen LogP contribution in [0.4, 0.5) is 16.5 Å². The van der Waals surface area contributed by atoms with Crippen LogP contribution in [0, 0.1) is 0 Å². The van der Waals surface area contributed by atoms with Gasteiger partial charge in [0.1, 0.15) is 0 Å². The molecule has 0 bridgehead atoms. The van der Waals surface area contributed by atoms with E-state index in [1.165, 1.54) is 0 Å². The van der Waals surface area contributed by atoms with Gasteiger partial charge in [0.15, 0.2) is 5.13 Å². The summed E-state index contributed by atoms with van der Waals surface area (Å²) in [7, 11) is 0. The average molecular weight is 349 g/mol. The Kier molecular flexibility index (Phi) is 4.70. The van der Waals surface area contributed by atoms with E-state index in [0.717, 1.165) is 27.8 Å². The van der Waals surface area contributed by atoms with E-state index in [1.807, 2.05) is 41.8 Å². The maximum Gasteiger partial charge on any atom is 0.187 e. The average Bonchev–Trinajstić information content (AvgIpc) is 2.91. The fraction of sp³-hybridized carbons (Fsp3) is 0. The molecular formula is C14H13BrN4S. The fourth-order valence-corrected chi connectivity index (χ4v) is 2.42. The molecule has 0 aliphatic rings. The first-order chi connectivity index (χ1) is 9.31. The number of hydrogen-bond acceptors (Lipinski definition) is 5. The third-order valence-electron chi connectivity index (χ3n) is 2.64. The van der Waals surface area contributed by atoms with Crippen molar-refractivity contribution in [2.45, 2.75) is 0 Å². The van der Waals surface area contributed by atoms with Crippen molar-refractivity contribution in [3.05, 3.63) is 54.2 Å². The SMILES string of the molecule is Br.Nc1ccc(Nc2nc(-c3ccncc3)cs2)cc1. The van der Waals surface area contributed by atoms with Gasteiger partial charge in [0, 0.05) is 34.7 Å². The zero-order valence-corrected chi connectivity index (χ0v) is 13.0. The van der Waals surface area contributed by atoms with Gasteiger partial charge in [0.25, 0.3) is 0 Å². The molecule has 4 nitrogen and oxygen atoms in total. The minimum absolute atomic E-state index is 0. The van der Waals surface area contributed by atoms with E-state index in [1.54, 1.807) is 23.7 Å². The van der Waals surface area contributed by atoms with E-state index in [4.69, 9.17) is 5.73 Å². The molecule has 0 aliphatic carbocycles. The standard InChI is InChI=1S/C14H12N4S.BrH/c15-11-1-3-12(4-2-11)17-14-18-13(9-19-14)10-5-7-16-8-6-10;/h1-9H,15H2,(H,17,18);1H. The van der Waals surface area contributed by atoms with Crippen LogP contribution in [0.5, 0.6) is 0 Å². The number of thiazole rings is 1. The summed E-state index contributed by atoms with van der Waals surface area (Å²) in [4.78, 5) is 8.55. The maximum atomic E-state index is 5.65. The second-order valence-electron chi connectivity index (χ2n) is 4.02. The minimum Gasteiger partial charge on any atom is -0.399 e. The van der Waals surface area contributed by atoms with Crippen LogP contribution in [0.25, 0.3) is 11.3 Å². The number of halogens is 1. The maximum absolute atomic E-state index is 5.65. The molecule has 0 spiro atoms. The summed E-state index contributed by atoms with van der Waals surface area (Å²) in [6, 6.07) is 11.5. The van der Waals surface area contributed by atoms with Crippen LogP contribution in [0.1, 0.15) is 0 Å². The molecule has 20 heavy (non-hydrogen) atoms. The van der Waals surface area contributed by atoms with Crippen LogP contribution in [0.3, 0.4) is 0 Å². The van der Waals surface area contributed by atoms with Gasteiger partial charge in [0.2, 0.25) is 0 Å². The van der Waals surface area contributed by atoms with Crippen molar-refractivity contribution in [1.29, 1.82) is 0 Å². The molecule has 3 N–H and O–H groups in total. The van der Waals surface area contributed by atoms with E-state index in [0.29, 0.717) is 0 Å². The smallest absolute Gasteiger partial charge is 0.187 e. The summed E-state index contributed by atoms with van der Waals surface area (Å²) in [5.41, 5.74) is 9.40. The molecule has 6 heteroatoms. The third-order valence-corrected chi connectivity index (χ3v) is 3.40. The molecule has 1 aromatic carbocycles. The highest BCUT2D eigenvalue weighted by Gasteiger charge is 2.04. The minimum atomic E-state index is 0. The fourth-order valence-electron chi connectivity index (χ4n) is 1.68. The predicted molar refractivity (Wildman–Crippen MR) is 89.8 cm³/mol. The number of benzene rings is 1. The summed E-state index contributed by atoms with van der Waals surface area (Å²) in [6.07, 6.45) is 3.53. The lowest BCUT2D eigenvalue weighted by Crippen LogP contribution is -1.90. The van der Waals surface area contributed by atoms with Crippen molar-refractivity contribution >= 4 is 44.8 Å². The Labute approximate surface area is 131 Å². The Morgan fingerprint density at radius 1 is 1.00 bits per heavy atom. The van der Waals surface area contributed by atoms with E-state index in [9.17, 15) is 0 Å². The Morgan fingerprint density at radius 2 is 1.70 bits per heavy atom. The quantitative estimate of drug-likeness (QED) is 0.699. The van der Waals surface area contributed by atoms with Gasteiger partial charge < -0.3 is 11.1 Å². The number of aromatic nitrogens is 2. The van der Waals surface area contributed by atoms with E-state index >= 15 is 0 Å². The highest BCUT2D eigenvalue weighted by atomic mass is 79.9. The van der Waals surface area contributed by atoms with Gasteiger partial charge in [-0.2, -0.15) is 0 Å². The number of nitrogens with two attached hydrogens (primary N) is 1. The van der Waals surface area contributed by atoms with Gasteiger partial charge in [-0.05, 0) is 36.4 Å². The molecule has 3 aromatic rings. The normalized spacial score (nSPS) is 9.80. The van der Waals surface area contributed by atoms with Gasteiger partial charge in [-0.1, -0.05) is 0 Å². The molecule has 0 saturated heterocycles. The van der Waals surface area contributed by atoms with Crippen molar-refractivity contribution in [2.75, 3.05) is 11.1 Å². The summed E-state index contributed by atoms with van der Waals surface area (Å²) < 4.78 is 0. The third kappa shape index (κ3) is 3.34. The summed E-state index contributed by atoms with van der Waals surface area (Å²) in [6.45, 7) is 0. The second-order valence-corrected chi connectivity index (χ2v) is 4.88. The van der Waals surface area contributed by atoms with Gasteiger partial charge in [0.05, 0.1) is 5.69 Å². The largest absolute Gasteiger partial charge is 0.399 e. The first kappa shape index (κ1) is 14.5. The van der Waals surface area contributed by atoms with Crippen molar-refractivity contribution in [3.63, 3.8) is 0 Å². The highest BCUT2D eigenvalue weighted by molar-refractivity contribution is 8.93. The van der Waals surface area contributed by atoms with Crippen molar-refractivity contribution in [3.8, 4) is 11.3 Å². The molecule has 0 unspecified atom stereocenters. The first-order valence-corrected chi connectivity index (χ1v) is 6.68. The van der Waals surface area contributed by atoms with Crippen molar-refractivity contribution in [2.24, 2.45) is 0 Å². The number of nitrogens with one attached hydrogen (secondary N) is 1. The molecule has 0 radical (unpaired) electrons. The molecule has 0 fully saturated rings. The molecule has 0 aliphatic heterocycles. The molecule has 102 valence electrons. The van der Waals surface area contributed by atoms with Crippen molar-refractivity contribution in [1.82, 2.24) is 9.97 Å². The molecule has 0 atom stereocenters. The Bertz CT molecular complexity index is 667. The molecule has 2 heterocycles. The predicted octanol–water partition coefficient (Wildman–Crippen LogP) is 4.11. The number of hydrogen-bond donors (Lipinski definition) is 2. The number of rotatable bonds is 3. The number of anilines is 3. The Hall–Kier alpha value is -1.92. The van der Waals surface area contributed by atoms with E-state index in [-0.39, 0.29) is 17.0 Å². The lowest BCUT2D eigenvalue weighted by molar-refractivity contribution is 1.31. The molecular weight excluding hydrogens is 336 g/mol. The monoisotopic (exact) mass is 348 g/mol. The molecule has 0 saturated carbocycles. The zero-order chi connectivity index (χ0) is 13.1. The molecule has 0 amide bonds. The lowest BCUT2D eigenvalue weighted by Gasteiger charge is -2.02. The molecule has 2 aromatic heterocycles. The Balaban J connectivity index is 0.00000147. The first-order valence-electron chi connectivity index (χ1n) is 5.80. The zero-order valence-electron chi connectivity index (χ0n) is 10.5. The van der Waals surface area contributed by atoms with E-state index in [2.05, 4.69) is 15.3 Å². The number of nitrogen functional groups attached to an aromatic ring is 1. The van der Waals surface area contributed by atoms with Crippen LogP contribution < -0.4 is 11.1 Å². The van der Waals surface area contributed by atoms with Crippen LogP contribution in [0.2, 0.25) is 0 Å². The van der Waals surface area contributed by atoms with Crippen LogP contribution in [0.15, 0.2) is 54.2 Å². The molecule has 3 rings (SSSR count). The summed E-state index contributed by atoms with van der Waals surface area (Å²) >= 11 is 1.57. The van der Waals surface area contributed by atoms with Crippen molar-refractivity contribution < 1.29 is 0 Å². The second kappa shape index (κ2) is 6.49. The van der Waals surface area contributed by atoms with Crippen LogP contribution in [-0.2, 0) is 0 Å².